The molecule has 1 heterocycles. The summed E-state index contributed by atoms with van der Waals surface area (Å²) < 4.78 is 40.2. The van der Waals surface area contributed by atoms with E-state index in [0.717, 1.165) is 6.92 Å². The van der Waals surface area contributed by atoms with Gasteiger partial charge in [0.15, 0.2) is 5.54 Å². The summed E-state index contributed by atoms with van der Waals surface area (Å²) in [5.74, 6) is -1.04. The Kier molecular flexibility index (Phi) is 4.56. The van der Waals surface area contributed by atoms with Crippen LogP contribution in [0.2, 0.25) is 0 Å². The highest BCUT2D eigenvalue weighted by atomic mass is 32.2. The maximum absolute atomic E-state index is 12.7. The summed E-state index contributed by atoms with van der Waals surface area (Å²) in [6, 6.07) is 0. The van der Waals surface area contributed by atoms with Crippen molar-refractivity contribution in [1.29, 1.82) is 0 Å². The normalized spacial score (nSPS) is 22.6. The molecule has 8 heteroatoms. The van der Waals surface area contributed by atoms with Crippen molar-refractivity contribution in [2.75, 3.05) is 38.7 Å². The molecule has 0 aliphatic carbocycles. The Balaban J connectivity index is 2.66. The van der Waals surface area contributed by atoms with Crippen molar-refractivity contribution in [2.45, 2.75) is 18.6 Å². The van der Waals surface area contributed by atoms with E-state index in [2.05, 4.69) is 16.8 Å². The molecule has 18 heavy (non-hydrogen) atoms. The van der Waals surface area contributed by atoms with Crippen molar-refractivity contribution in [3.8, 4) is 0 Å². The van der Waals surface area contributed by atoms with Gasteiger partial charge in [-0.1, -0.05) is 0 Å². The number of halogens is 3. The lowest BCUT2D eigenvalue weighted by Gasteiger charge is -2.41. The van der Waals surface area contributed by atoms with Gasteiger partial charge in [0.25, 0.3) is 5.91 Å². The van der Waals surface area contributed by atoms with Crippen LogP contribution in [0.3, 0.4) is 0 Å². The standard InChI is InChI=1S/C10H20F3N3OS/c1-9(14,10(11,12)13)8(17)15-4-6-16(7-5-15)18(2)3/h18H,4-7,14H2,1-3H3. The Labute approximate surface area is 108 Å². The summed E-state index contributed by atoms with van der Waals surface area (Å²) in [5, 5.41) is 0. The number of carbonyl (C=O) groups excluding carboxylic acids is 1. The first-order chi connectivity index (χ1) is 8.07. The molecule has 0 saturated carbocycles. The largest absolute Gasteiger partial charge is 0.415 e. The van der Waals surface area contributed by atoms with Crippen LogP contribution in [-0.4, -0.2) is 65.5 Å². The zero-order valence-corrected chi connectivity index (χ0v) is 11.7. The van der Waals surface area contributed by atoms with Crippen LogP contribution in [0.25, 0.3) is 0 Å². The van der Waals surface area contributed by atoms with Gasteiger partial charge in [-0.2, -0.15) is 13.2 Å². The number of nitrogens with two attached hydrogens (primary N) is 1. The third-order valence-corrected chi connectivity index (χ3v) is 4.67. The van der Waals surface area contributed by atoms with Crippen LogP contribution in [0.15, 0.2) is 0 Å². The van der Waals surface area contributed by atoms with E-state index in [0.29, 0.717) is 26.2 Å². The molecule has 1 rings (SSSR count). The van der Waals surface area contributed by atoms with E-state index in [1.807, 2.05) is 0 Å². The van der Waals surface area contributed by atoms with Crippen molar-refractivity contribution in [3.63, 3.8) is 0 Å². The lowest BCUT2D eigenvalue weighted by Crippen LogP contribution is -2.64. The van der Waals surface area contributed by atoms with Crippen LogP contribution in [0, 0.1) is 0 Å². The summed E-state index contributed by atoms with van der Waals surface area (Å²) in [5.41, 5.74) is 2.34. The van der Waals surface area contributed by atoms with Crippen LogP contribution >= 0.6 is 11.1 Å². The Morgan fingerprint density at radius 1 is 1.17 bits per heavy atom. The molecule has 1 aliphatic rings. The third-order valence-electron chi connectivity index (χ3n) is 3.14. The van der Waals surface area contributed by atoms with Gasteiger partial charge in [-0.25, -0.2) is 11.1 Å². The van der Waals surface area contributed by atoms with E-state index in [1.54, 1.807) is 0 Å². The number of amides is 1. The molecule has 1 amide bonds. The molecular weight excluding hydrogens is 267 g/mol. The van der Waals surface area contributed by atoms with Crippen molar-refractivity contribution in [3.05, 3.63) is 0 Å². The Bertz CT molecular complexity index is 312. The van der Waals surface area contributed by atoms with Gasteiger partial charge in [0.05, 0.1) is 0 Å². The fourth-order valence-corrected chi connectivity index (χ4v) is 2.73. The summed E-state index contributed by atoms with van der Waals surface area (Å²) in [6.45, 7) is 2.56. The second-order valence-corrected chi connectivity index (χ2v) is 7.05. The number of alkyl halides is 3. The fourth-order valence-electron chi connectivity index (χ4n) is 1.75. The molecule has 0 aromatic heterocycles. The monoisotopic (exact) mass is 287 g/mol. The molecular formula is C10H20F3N3OS. The lowest BCUT2D eigenvalue weighted by atomic mass is 10.0. The lowest BCUT2D eigenvalue weighted by molar-refractivity contribution is -0.194. The second kappa shape index (κ2) is 5.26. The topological polar surface area (TPSA) is 49.6 Å². The highest BCUT2D eigenvalue weighted by Gasteiger charge is 2.55. The first-order valence-electron chi connectivity index (χ1n) is 5.64. The summed E-state index contributed by atoms with van der Waals surface area (Å²) >= 11 is -0.266. The molecule has 0 aromatic carbocycles. The Morgan fingerprint density at radius 3 is 1.94 bits per heavy atom. The van der Waals surface area contributed by atoms with Gasteiger partial charge in [-0.15, -0.1) is 0 Å². The quantitative estimate of drug-likeness (QED) is 0.731. The number of rotatable bonds is 2. The highest BCUT2D eigenvalue weighted by molar-refractivity contribution is 8.13. The molecule has 1 fully saturated rings. The minimum Gasteiger partial charge on any atom is -0.338 e. The molecule has 0 bridgehead atoms. The average molecular weight is 287 g/mol. The summed E-state index contributed by atoms with van der Waals surface area (Å²) in [4.78, 5) is 13.0. The predicted molar refractivity (Wildman–Crippen MR) is 67.6 cm³/mol. The van der Waals surface area contributed by atoms with Crippen molar-refractivity contribution < 1.29 is 18.0 Å². The van der Waals surface area contributed by atoms with Gasteiger partial charge in [-0.05, 0) is 19.4 Å². The van der Waals surface area contributed by atoms with Crippen LogP contribution < -0.4 is 5.73 Å². The number of hydrogen-bond acceptors (Lipinski definition) is 3. The van der Waals surface area contributed by atoms with E-state index >= 15 is 0 Å². The zero-order chi connectivity index (χ0) is 14.1. The third kappa shape index (κ3) is 3.10. The van der Waals surface area contributed by atoms with Gasteiger partial charge >= 0.3 is 6.18 Å². The number of hydrogen-bond donors (Lipinski definition) is 2. The first-order valence-corrected chi connectivity index (χ1v) is 7.83. The van der Waals surface area contributed by atoms with E-state index in [9.17, 15) is 18.0 Å². The van der Waals surface area contributed by atoms with Crippen molar-refractivity contribution >= 4 is 17.0 Å². The fraction of sp³-hybridized carbons (Fsp3) is 0.900. The molecule has 1 atom stereocenters. The minimum atomic E-state index is -4.72. The number of piperazine rings is 1. The Morgan fingerprint density at radius 2 is 1.61 bits per heavy atom. The molecule has 1 saturated heterocycles. The van der Waals surface area contributed by atoms with Crippen LogP contribution in [0.4, 0.5) is 13.2 Å². The minimum absolute atomic E-state index is 0.266. The Hall–Kier alpha value is -0.470. The molecule has 2 N–H and O–H groups in total. The van der Waals surface area contributed by atoms with Crippen molar-refractivity contribution in [2.24, 2.45) is 5.73 Å². The van der Waals surface area contributed by atoms with Gasteiger partial charge in [0, 0.05) is 26.2 Å². The van der Waals surface area contributed by atoms with E-state index in [1.165, 1.54) is 4.90 Å². The molecule has 1 aliphatic heterocycles. The van der Waals surface area contributed by atoms with Crippen LogP contribution in [-0.2, 0) is 4.79 Å². The second-order valence-electron chi connectivity index (χ2n) is 4.79. The van der Waals surface area contributed by atoms with E-state index in [-0.39, 0.29) is 11.1 Å². The van der Waals surface area contributed by atoms with Gasteiger partial charge < -0.3 is 10.6 Å². The smallest absolute Gasteiger partial charge is 0.338 e. The number of nitrogens with zero attached hydrogens (tertiary/aromatic N) is 2. The number of thiol groups is 1. The van der Waals surface area contributed by atoms with Gasteiger partial charge in [0.1, 0.15) is 0 Å². The molecule has 0 spiro atoms. The van der Waals surface area contributed by atoms with Crippen molar-refractivity contribution in [1.82, 2.24) is 9.21 Å². The first kappa shape index (κ1) is 15.6. The van der Waals surface area contributed by atoms with Crippen LogP contribution in [0.5, 0.6) is 0 Å². The predicted octanol–water partition coefficient (Wildman–Crippen LogP) is 0.586. The molecule has 0 radical (unpaired) electrons. The van der Waals surface area contributed by atoms with Gasteiger partial charge in [-0.3, -0.25) is 9.10 Å². The zero-order valence-electron chi connectivity index (χ0n) is 10.8. The van der Waals surface area contributed by atoms with Gasteiger partial charge in [0.2, 0.25) is 0 Å². The molecule has 1 unspecified atom stereocenters. The van der Waals surface area contributed by atoms with Crippen LogP contribution in [0.1, 0.15) is 6.92 Å². The SMILES string of the molecule is C[SH](C)N1CCN(C(=O)C(C)(N)C(F)(F)F)CC1. The molecule has 108 valence electrons. The average Bonchev–Trinajstić information content (AvgIpc) is 2.26. The number of carbonyl (C=O) groups is 1. The highest BCUT2D eigenvalue weighted by Crippen LogP contribution is 2.30. The molecule has 0 aromatic rings. The maximum atomic E-state index is 12.7. The van der Waals surface area contributed by atoms with E-state index < -0.39 is 17.6 Å². The molecule has 4 nitrogen and oxygen atoms in total. The van der Waals surface area contributed by atoms with E-state index in [4.69, 9.17) is 5.73 Å². The maximum Gasteiger partial charge on any atom is 0.415 e. The summed E-state index contributed by atoms with van der Waals surface area (Å²) in [7, 11) is 0. The summed E-state index contributed by atoms with van der Waals surface area (Å²) in [6.07, 6.45) is -0.561.